The van der Waals surface area contributed by atoms with E-state index in [1.807, 2.05) is 6.92 Å². The molecule has 0 radical (unpaired) electrons. The molecule has 172 valence electrons. The van der Waals surface area contributed by atoms with E-state index in [0.29, 0.717) is 37.4 Å². The molecule has 2 aromatic rings. The van der Waals surface area contributed by atoms with Gasteiger partial charge in [-0.1, -0.05) is 13.0 Å². The number of carbonyl (C=O) groups is 2. The molecule has 2 heterocycles. The number of hydrogen-bond acceptors (Lipinski definition) is 6. The van der Waals surface area contributed by atoms with Crippen molar-refractivity contribution in [3.63, 3.8) is 0 Å². The van der Waals surface area contributed by atoms with Crippen molar-refractivity contribution in [1.29, 1.82) is 0 Å². The first-order chi connectivity index (χ1) is 15.4. The van der Waals surface area contributed by atoms with Gasteiger partial charge in [0.1, 0.15) is 12.3 Å². The van der Waals surface area contributed by atoms with E-state index in [2.05, 4.69) is 0 Å². The number of carbonyl (C=O) groups excluding carboxylic acids is 2. The molecule has 3 rings (SSSR count). The molecule has 0 aliphatic carbocycles. The van der Waals surface area contributed by atoms with Crippen LogP contribution in [0.15, 0.2) is 41.0 Å². The lowest BCUT2D eigenvalue weighted by Crippen LogP contribution is -2.45. The van der Waals surface area contributed by atoms with E-state index in [0.717, 1.165) is 12.8 Å². The Morgan fingerprint density at radius 3 is 2.69 bits per heavy atom. The molecule has 9 nitrogen and oxygen atoms in total. The van der Waals surface area contributed by atoms with Crippen molar-refractivity contribution in [2.75, 3.05) is 26.2 Å². The first-order valence-electron chi connectivity index (χ1n) is 10.8. The summed E-state index contributed by atoms with van der Waals surface area (Å²) in [4.78, 5) is 40.2. The van der Waals surface area contributed by atoms with Gasteiger partial charge in [-0.05, 0) is 44.4 Å². The summed E-state index contributed by atoms with van der Waals surface area (Å²) in [5.41, 5.74) is 0.558. The van der Waals surface area contributed by atoms with Gasteiger partial charge in [-0.25, -0.2) is 0 Å². The maximum Gasteiger partial charge on any atom is 0.273 e. The molecule has 9 heteroatoms. The van der Waals surface area contributed by atoms with E-state index in [1.54, 1.807) is 42.4 Å². The molecule has 1 unspecified atom stereocenters. The van der Waals surface area contributed by atoms with E-state index in [1.165, 1.54) is 11.0 Å². The highest BCUT2D eigenvalue weighted by molar-refractivity contribution is 5.97. The summed E-state index contributed by atoms with van der Waals surface area (Å²) < 4.78 is 11.1. The predicted molar refractivity (Wildman–Crippen MR) is 117 cm³/mol. The fourth-order valence-corrected chi connectivity index (χ4v) is 3.79. The van der Waals surface area contributed by atoms with Gasteiger partial charge in [0.2, 0.25) is 5.91 Å². The number of rotatable bonds is 10. The first kappa shape index (κ1) is 23.5. The van der Waals surface area contributed by atoms with Crippen molar-refractivity contribution >= 4 is 17.5 Å². The van der Waals surface area contributed by atoms with Crippen LogP contribution in [0, 0.1) is 17.0 Å². The van der Waals surface area contributed by atoms with Crippen LogP contribution in [-0.2, 0) is 16.1 Å². The molecule has 2 amide bonds. The summed E-state index contributed by atoms with van der Waals surface area (Å²) in [6.07, 6.45) is 4.01. The van der Waals surface area contributed by atoms with E-state index >= 15 is 0 Å². The van der Waals surface area contributed by atoms with Crippen LogP contribution in [0.5, 0.6) is 0 Å². The summed E-state index contributed by atoms with van der Waals surface area (Å²) in [7, 11) is 0. The Balaban J connectivity index is 1.77. The van der Waals surface area contributed by atoms with E-state index in [-0.39, 0.29) is 36.4 Å². The predicted octanol–water partition coefficient (Wildman–Crippen LogP) is 3.56. The highest BCUT2D eigenvalue weighted by Gasteiger charge is 2.27. The summed E-state index contributed by atoms with van der Waals surface area (Å²) in [5.74, 6) is 0.0255. The van der Waals surface area contributed by atoms with Crippen molar-refractivity contribution in [2.45, 2.75) is 45.8 Å². The fraction of sp³-hybridized carbons (Fsp3) is 0.478. The molecule has 1 aliphatic rings. The monoisotopic (exact) mass is 443 g/mol. The van der Waals surface area contributed by atoms with Gasteiger partial charge in [-0.3, -0.25) is 19.7 Å². The zero-order chi connectivity index (χ0) is 23.1. The van der Waals surface area contributed by atoms with Gasteiger partial charge < -0.3 is 19.0 Å². The second-order valence-electron chi connectivity index (χ2n) is 7.97. The van der Waals surface area contributed by atoms with E-state index < -0.39 is 10.8 Å². The van der Waals surface area contributed by atoms with E-state index in [9.17, 15) is 19.7 Å². The lowest BCUT2D eigenvalue weighted by molar-refractivity contribution is -0.385. The van der Waals surface area contributed by atoms with Gasteiger partial charge in [0.05, 0.1) is 23.8 Å². The molecule has 1 fully saturated rings. The topological polar surface area (TPSA) is 106 Å². The number of nitrogens with zero attached hydrogens (tertiary/aromatic N) is 3. The highest BCUT2D eigenvalue weighted by atomic mass is 16.6. The average Bonchev–Trinajstić information content (AvgIpc) is 3.47. The van der Waals surface area contributed by atoms with Crippen LogP contribution in [0.25, 0.3) is 0 Å². The van der Waals surface area contributed by atoms with Gasteiger partial charge in [-0.2, -0.15) is 0 Å². The zero-order valence-corrected chi connectivity index (χ0v) is 18.5. The quantitative estimate of drug-likeness (QED) is 0.411. The maximum absolute atomic E-state index is 13.2. The fourth-order valence-electron chi connectivity index (χ4n) is 3.79. The Kier molecular flexibility index (Phi) is 7.99. The van der Waals surface area contributed by atoms with Gasteiger partial charge in [-0.15, -0.1) is 0 Å². The molecule has 0 N–H and O–H groups in total. The van der Waals surface area contributed by atoms with Crippen molar-refractivity contribution in [1.82, 2.24) is 9.80 Å². The largest absolute Gasteiger partial charge is 0.467 e. The Morgan fingerprint density at radius 2 is 2.06 bits per heavy atom. The van der Waals surface area contributed by atoms with Crippen LogP contribution < -0.4 is 0 Å². The Morgan fingerprint density at radius 1 is 1.25 bits per heavy atom. The summed E-state index contributed by atoms with van der Waals surface area (Å²) in [5, 5.41) is 11.3. The first-order valence-corrected chi connectivity index (χ1v) is 10.8. The SMILES string of the molecule is CCCN(CC(=O)N(Cc1ccco1)CC1CCCO1)C(=O)c1ccc(C)c([N+](=O)[O-])c1. The van der Waals surface area contributed by atoms with E-state index in [4.69, 9.17) is 9.15 Å². The molecule has 0 saturated carbocycles. The number of nitro groups is 1. The minimum atomic E-state index is -0.506. The molecule has 1 aromatic heterocycles. The number of aryl methyl sites for hydroxylation is 1. The average molecular weight is 444 g/mol. The molecule has 1 aliphatic heterocycles. The standard InChI is InChI=1S/C23H29N3O6/c1-3-10-24(23(28)18-9-8-17(2)21(13-18)26(29)30)16-22(27)25(14-19-6-4-11-31-19)15-20-7-5-12-32-20/h4,6,8-9,11,13,20H,3,5,7,10,12,14-16H2,1-2H3. The van der Waals surface area contributed by atoms with Crippen molar-refractivity contribution in [3.8, 4) is 0 Å². The van der Waals surface area contributed by atoms with Crippen LogP contribution in [0.2, 0.25) is 0 Å². The normalized spacial score (nSPS) is 15.5. The number of hydrogen-bond donors (Lipinski definition) is 0. The molecule has 1 aromatic carbocycles. The smallest absolute Gasteiger partial charge is 0.273 e. The van der Waals surface area contributed by atoms with Gasteiger partial charge >= 0.3 is 0 Å². The van der Waals surface area contributed by atoms with Gasteiger partial charge in [0.25, 0.3) is 11.6 Å². The third-order valence-electron chi connectivity index (χ3n) is 5.49. The molecular formula is C23H29N3O6. The van der Waals surface area contributed by atoms with Crippen LogP contribution in [-0.4, -0.2) is 58.9 Å². The summed E-state index contributed by atoms with van der Waals surface area (Å²) >= 11 is 0. The molecule has 1 saturated heterocycles. The molecule has 1 atom stereocenters. The van der Waals surface area contributed by atoms with Crippen LogP contribution in [0.3, 0.4) is 0 Å². The minimum absolute atomic E-state index is 0.0380. The van der Waals surface area contributed by atoms with Crippen molar-refractivity contribution < 1.29 is 23.7 Å². The second-order valence-corrected chi connectivity index (χ2v) is 7.97. The second kappa shape index (κ2) is 10.9. The maximum atomic E-state index is 13.2. The number of furan rings is 1. The lowest BCUT2D eigenvalue weighted by Gasteiger charge is -2.28. The van der Waals surface area contributed by atoms with Crippen molar-refractivity contribution in [3.05, 3.63) is 63.6 Å². The third-order valence-corrected chi connectivity index (χ3v) is 5.49. The molecule has 0 bridgehead atoms. The Labute approximate surface area is 187 Å². The zero-order valence-electron chi connectivity index (χ0n) is 18.5. The minimum Gasteiger partial charge on any atom is -0.467 e. The summed E-state index contributed by atoms with van der Waals surface area (Å²) in [6, 6.07) is 7.96. The number of benzene rings is 1. The number of nitro benzene ring substituents is 1. The van der Waals surface area contributed by atoms with Gasteiger partial charge in [0.15, 0.2) is 0 Å². The Bertz CT molecular complexity index is 937. The van der Waals surface area contributed by atoms with Crippen LogP contribution >= 0.6 is 0 Å². The lowest BCUT2D eigenvalue weighted by atomic mass is 10.1. The number of ether oxygens (including phenoxy) is 1. The van der Waals surface area contributed by atoms with Gasteiger partial charge in [0, 0.05) is 36.9 Å². The molecular weight excluding hydrogens is 414 g/mol. The highest BCUT2D eigenvalue weighted by Crippen LogP contribution is 2.21. The van der Waals surface area contributed by atoms with Crippen LogP contribution in [0.4, 0.5) is 5.69 Å². The number of amides is 2. The molecule has 0 spiro atoms. The third kappa shape index (κ3) is 5.94. The Hall–Kier alpha value is -3.20. The van der Waals surface area contributed by atoms with Crippen molar-refractivity contribution in [2.24, 2.45) is 0 Å². The van der Waals surface area contributed by atoms with Crippen LogP contribution in [0.1, 0.15) is 47.9 Å². The summed E-state index contributed by atoms with van der Waals surface area (Å²) in [6.45, 7) is 5.16. The molecule has 32 heavy (non-hydrogen) atoms.